The fraction of sp³-hybridized carbons (Fsp3) is 0.308. The fourth-order valence-electron chi connectivity index (χ4n) is 7.71. The number of allylic oxidation sites excluding steroid dienone is 4. The van der Waals surface area contributed by atoms with Gasteiger partial charge in [-0.2, -0.15) is 28.8 Å². The van der Waals surface area contributed by atoms with Gasteiger partial charge in [-0.05, 0) is 70.2 Å². The summed E-state index contributed by atoms with van der Waals surface area (Å²) in [5.41, 5.74) is 20.7. The first-order valence-corrected chi connectivity index (χ1v) is 23.3. The number of aryl methyl sites for hydroxylation is 1. The second kappa shape index (κ2) is 19.2. The molecule has 0 bridgehead atoms. The molecule has 5 heteroatoms. The van der Waals surface area contributed by atoms with Crippen molar-refractivity contribution in [1.29, 1.82) is 0 Å². The van der Waals surface area contributed by atoms with Crippen LogP contribution in [0.1, 0.15) is 131 Å². The summed E-state index contributed by atoms with van der Waals surface area (Å²) in [7, 11) is 0. The van der Waals surface area contributed by atoms with Crippen LogP contribution in [-0.4, -0.2) is 7.42 Å². The van der Waals surface area contributed by atoms with Crippen LogP contribution in [0.2, 0.25) is 10.0 Å². The molecule has 0 amide bonds. The Kier molecular flexibility index (Phi) is 15.8. The Hall–Kier alpha value is -2.64. The molecule has 3 aliphatic carbocycles. The van der Waals surface area contributed by atoms with Crippen LogP contribution < -0.4 is 0 Å². The van der Waals surface area contributed by atoms with E-state index >= 15 is 0 Å². The summed E-state index contributed by atoms with van der Waals surface area (Å²) in [4.78, 5) is 0. The summed E-state index contributed by atoms with van der Waals surface area (Å²) in [5.74, 6) is 0. The van der Waals surface area contributed by atoms with Gasteiger partial charge in [0.15, 0.2) is 0 Å². The number of hydrogen-bond acceptors (Lipinski definition) is 0. The van der Waals surface area contributed by atoms with Gasteiger partial charge in [-0.15, -0.1) is 37.3 Å². The monoisotopic (exact) mass is 912 g/mol. The van der Waals surface area contributed by atoms with Crippen LogP contribution in [0.4, 0.5) is 0 Å². The maximum atomic E-state index is 5.84. The minimum absolute atomic E-state index is 0. The van der Waals surface area contributed by atoms with Gasteiger partial charge in [0, 0.05) is 0 Å². The molecule has 0 aromatic heterocycles. The molecule has 0 fully saturated rings. The molecule has 0 aliphatic heterocycles. The van der Waals surface area contributed by atoms with Crippen LogP contribution in [0.15, 0.2) is 103 Å². The third kappa shape index (κ3) is 11.2. The second-order valence-electron chi connectivity index (χ2n) is 17.7. The van der Waals surface area contributed by atoms with Crippen molar-refractivity contribution in [2.45, 2.75) is 105 Å². The molecule has 5 aromatic rings. The molecule has 0 heterocycles. The van der Waals surface area contributed by atoms with E-state index in [1.807, 2.05) is 24.3 Å². The van der Waals surface area contributed by atoms with E-state index in [-0.39, 0.29) is 35.6 Å². The summed E-state index contributed by atoms with van der Waals surface area (Å²) in [6, 6.07) is 32.6. The number of benzene rings is 4. The number of halogens is 4. The number of hydrogen-bond donors (Lipinski definition) is 0. The molecule has 0 N–H and O–H groups in total. The van der Waals surface area contributed by atoms with Gasteiger partial charge in [0.25, 0.3) is 0 Å². The minimum atomic E-state index is -0.623. The van der Waals surface area contributed by atoms with Crippen LogP contribution in [0.3, 0.4) is 0 Å². The van der Waals surface area contributed by atoms with Gasteiger partial charge in [-0.3, -0.25) is 0 Å². The van der Waals surface area contributed by atoms with Gasteiger partial charge < -0.3 is 0 Å². The summed E-state index contributed by atoms with van der Waals surface area (Å²) in [5, 5.41) is 1.57. The van der Waals surface area contributed by atoms with E-state index in [2.05, 4.69) is 162 Å². The maximum absolute atomic E-state index is 5.84. The average Bonchev–Trinajstić information content (AvgIpc) is 3.78. The quantitative estimate of drug-likeness (QED) is 0.155. The van der Waals surface area contributed by atoms with Gasteiger partial charge in [-0.1, -0.05) is 102 Å². The van der Waals surface area contributed by atoms with Crippen LogP contribution in [0.5, 0.6) is 0 Å². The van der Waals surface area contributed by atoms with Gasteiger partial charge in [-0.25, -0.2) is 18.6 Å². The molecule has 5 aromatic carbocycles. The van der Waals surface area contributed by atoms with E-state index in [1.165, 1.54) is 77.9 Å². The number of rotatable bonds is 3. The second-order valence-corrected chi connectivity index (χ2v) is 20.8. The van der Waals surface area contributed by atoms with Crippen LogP contribution >= 0.6 is 48.0 Å². The first-order valence-electron chi connectivity index (χ1n) is 19.7. The van der Waals surface area contributed by atoms with Gasteiger partial charge in [0.2, 0.25) is 0 Å². The topological polar surface area (TPSA) is 0 Å². The van der Waals surface area contributed by atoms with Crippen molar-refractivity contribution >= 4 is 66.6 Å². The molecule has 0 radical (unpaired) electrons. The first kappa shape index (κ1) is 47.0. The van der Waals surface area contributed by atoms with Crippen LogP contribution in [-0.2, 0) is 51.4 Å². The number of fused-ring (bicyclic) bond motifs is 5. The Morgan fingerprint density at radius 3 is 1.68 bits per heavy atom. The Labute approximate surface area is 376 Å². The van der Waals surface area contributed by atoms with E-state index in [9.17, 15) is 0 Å². The third-order valence-electron chi connectivity index (χ3n) is 11.4. The summed E-state index contributed by atoms with van der Waals surface area (Å²) >= 11 is 11.0. The van der Waals surface area contributed by atoms with Crippen molar-refractivity contribution in [2.24, 2.45) is 0 Å². The molecule has 0 atom stereocenters. The Bertz CT molecular complexity index is 2180. The predicted molar refractivity (Wildman–Crippen MR) is 255 cm³/mol. The van der Waals surface area contributed by atoms with E-state index in [4.69, 9.17) is 23.2 Å². The van der Waals surface area contributed by atoms with Gasteiger partial charge in [0.1, 0.15) is 0 Å². The zero-order valence-corrected chi connectivity index (χ0v) is 40.8. The van der Waals surface area contributed by atoms with Crippen molar-refractivity contribution in [3.8, 4) is 11.1 Å². The first-order chi connectivity index (χ1) is 25.9. The van der Waals surface area contributed by atoms with Crippen molar-refractivity contribution < 1.29 is 22.3 Å². The van der Waals surface area contributed by atoms with Crippen LogP contribution in [0.25, 0.3) is 22.3 Å². The summed E-state index contributed by atoms with van der Waals surface area (Å²) in [6.45, 7) is 22.9. The SMILES string of the molecule is CC1=C[CH-]C(C)(C)c2cc3c(cc21)-c1cc2c(cc1C3)C(C)(C)CC=C2C.CCc1cc(C(C)(C)C)c[cH-]1.Cl.Cl.Clc1ccc([CH]=[Zr]=[CH]c2ccc(Cl)cc2)cc1. The molecular formula is C52H58Cl4Zr-2. The molecule has 300 valence electrons. The zero-order chi connectivity index (χ0) is 39.7. The van der Waals surface area contributed by atoms with E-state index in [0.29, 0.717) is 5.41 Å². The third-order valence-corrected chi connectivity index (χ3v) is 14.4. The fourth-order valence-corrected chi connectivity index (χ4v) is 10.1. The van der Waals surface area contributed by atoms with E-state index < -0.39 is 22.3 Å². The molecule has 0 saturated heterocycles. The van der Waals surface area contributed by atoms with Gasteiger partial charge >= 0.3 is 123 Å². The van der Waals surface area contributed by atoms with Gasteiger partial charge in [0.05, 0.1) is 0 Å². The molecular weight excluding hydrogens is 858 g/mol. The summed E-state index contributed by atoms with van der Waals surface area (Å²) < 4.78 is 4.66. The predicted octanol–water partition coefficient (Wildman–Crippen LogP) is 15.4. The van der Waals surface area contributed by atoms with E-state index in [1.54, 1.807) is 0 Å². The Morgan fingerprint density at radius 1 is 0.702 bits per heavy atom. The molecule has 0 unspecified atom stereocenters. The molecule has 3 aliphatic rings. The molecule has 0 saturated carbocycles. The van der Waals surface area contributed by atoms with Crippen molar-refractivity contribution in [3.05, 3.63) is 175 Å². The van der Waals surface area contributed by atoms with Crippen molar-refractivity contribution in [1.82, 2.24) is 0 Å². The molecule has 57 heavy (non-hydrogen) atoms. The Balaban J connectivity index is 0.000000207. The molecule has 0 nitrogen and oxygen atoms in total. The standard InChI is InChI=1S/C27H29.C11H17.2C7H5Cl.2ClH.Zr/c1-16-7-9-26(3,4)24-12-18-11-19-13-25-21(17(2)8-10-27(25,5)6)15-23(19)22(18)14-20(16)24;1-5-9-6-7-10(8-9)11(2,3)4;2*1-6-2-4-7(8)5-3-6;;;/h7-9,12-15H,10-11H2,1-6H3;6-8H,5H2,1-4H3;2*1-5H;2*1H;/q2*-1;;;;;. The van der Waals surface area contributed by atoms with Crippen molar-refractivity contribution in [2.75, 3.05) is 0 Å². The molecule has 0 spiro atoms. The zero-order valence-electron chi connectivity index (χ0n) is 35.2. The van der Waals surface area contributed by atoms with E-state index in [0.717, 1.165) is 29.3 Å². The molecule has 8 rings (SSSR count). The Morgan fingerprint density at radius 2 is 1.21 bits per heavy atom. The summed E-state index contributed by atoms with van der Waals surface area (Å²) in [6.07, 6.45) is 10.4. The normalized spacial score (nSPS) is 14.9. The van der Waals surface area contributed by atoms with Crippen LogP contribution in [0, 0.1) is 6.42 Å². The average molecular weight is 916 g/mol. The van der Waals surface area contributed by atoms with Crippen molar-refractivity contribution in [3.63, 3.8) is 0 Å².